The summed E-state index contributed by atoms with van der Waals surface area (Å²) in [7, 11) is 1.48. The number of aldehydes is 1. The largest absolute Gasteiger partial charge is 0.494 e. The smallest absolute Gasteiger partial charge is 0.172 e. The lowest BCUT2D eigenvalue weighted by Crippen LogP contribution is -1.95. The maximum absolute atomic E-state index is 11.0. The number of nitrogens with zero attached hydrogens (tertiary/aromatic N) is 1. The standard InChI is InChI=1S/C19H14Cl2N2O2/c1-25-17-8-11(9-23-16(17)10-24)12-4-2-5-13(18(12)20)14-6-3-7-15(22)19(14)21/h2-10H,22H2,1H3. The first-order valence-corrected chi connectivity index (χ1v) is 8.15. The van der Waals surface area contributed by atoms with Crippen LogP contribution in [0.15, 0.2) is 48.7 Å². The second-order valence-electron chi connectivity index (χ2n) is 5.31. The summed E-state index contributed by atoms with van der Waals surface area (Å²) < 4.78 is 5.21. The summed E-state index contributed by atoms with van der Waals surface area (Å²) in [5, 5.41) is 0.964. The van der Waals surface area contributed by atoms with Crippen molar-refractivity contribution in [1.29, 1.82) is 0 Å². The van der Waals surface area contributed by atoms with Crippen molar-refractivity contribution in [3.8, 4) is 28.0 Å². The van der Waals surface area contributed by atoms with Crippen molar-refractivity contribution in [2.45, 2.75) is 0 Å². The summed E-state index contributed by atoms with van der Waals surface area (Å²) in [6, 6.07) is 12.7. The molecule has 4 nitrogen and oxygen atoms in total. The molecule has 0 aliphatic heterocycles. The lowest BCUT2D eigenvalue weighted by atomic mass is 9.99. The number of halogens is 2. The molecule has 0 saturated carbocycles. The van der Waals surface area contributed by atoms with Gasteiger partial charge in [-0.2, -0.15) is 0 Å². The first-order valence-electron chi connectivity index (χ1n) is 7.39. The normalized spacial score (nSPS) is 10.5. The maximum Gasteiger partial charge on any atom is 0.172 e. The first-order chi connectivity index (χ1) is 12.1. The average Bonchev–Trinajstić information content (AvgIpc) is 2.64. The number of aromatic nitrogens is 1. The summed E-state index contributed by atoms with van der Waals surface area (Å²) in [6.45, 7) is 0. The molecular formula is C19H14Cl2N2O2. The molecule has 1 aromatic heterocycles. The van der Waals surface area contributed by atoms with Crippen molar-refractivity contribution < 1.29 is 9.53 Å². The zero-order valence-corrected chi connectivity index (χ0v) is 14.8. The van der Waals surface area contributed by atoms with E-state index in [1.54, 1.807) is 18.3 Å². The van der Waals surface area contributed by atoms with Gasteiger partial charge in [0.1, 0.15) is 11.4 Å². The van der Waals surface area contributed by atoms with E-state index in [0.29, 0.717) is 27.8 Å². The highest BCUT2D eigenvalue weighted by Gasteiger charge is 2.15. The Morgan fingerprint density at radius 3 is 2.36 bits per heavy atom. The number of pyridine rings is 1. The lowest BCUT2D eigenvalue weighted by Gasteiger charge is -2.13. The van der Waals surface area contributed by atoms with Gasteiger partial charge in [0.25, 0.3) is 0 Å². The SMILES string of the molecule is COc1cc(-c2cccc(-c3cccc(N)c3Cl)c2Cl)cnc1C=O. The molecule has 0 radical (unpaired) electrons. The van der Waals surface area contributed by atoms with Gasteiger partial charge < -0.3 is 10.5 Å². The van der Waals surface area contributed by atoms with Crippen LogP contribution in [0, 0.1) is 0 Å². The number of hydrogen-bond acceptors (Lipinski definition) is 4. The predicted molar refractivity (Wildman–Crippen MR) is 101 cm³/mol. The molecule has 1 heterocycles. The Kier molecular flexibility index (Phi) is 4.93. The van der Waals surface area contributed by atoms with Crippen LogP contribution in [0.5, 0.6) is 5.75 Å². The van der Waals surface area contributed by atoms with Crippen molar-refractivity contribution in [1.82, 2.24) is 4.98 Å². The Labute approximate surface area is 155 Å². The van der Waals surface area contributed by atoms with Crippen molar-refractivity contribution in [2.75, 3.05) is 12.8 Å². The molecular weight excluding hydrogens is 359 g/mol. The molecule has 2 N–H and O–H groups in total. The highest BCUT2D eigenvalue weighted by atomic mass is 35.5. The number of nitrogens with two attached hydrogens (primary N) is 1. The second-order valence-corrected chi connectivity index (χ2v) is 6.06. The van der Waals surface area contributed by atoms with Gasteiger partial charge in [-0.05, 0) is 12.1 Å². The number of nitrogen functional groups attached to an aromatic ring is 1. The molecule has 0 atom stereocenters. The maximum atomic E-state index is 11.0. The van der Waals surface area contributed by atoms with E-state index in [2.05, 4.69) is 4.98 Å². The molecule has 3 aromatic rings. The average molecular weight is 373 g/mol. The molecule has 0 amide bonds. The number of hydrogen-bond donors (Lipinski definition) is 1. The van der Waals surface area contributed by atoms with Gasteiger partial charge in [0.15, 0.2) is 6.29 Å². The van der Waals surface area contributed by atoms with E-state index >= 15 is 0 Å². The molecule has 0 bridgehead atoms. The number of anilines is 1. The van der Waals surface area contributed by atoms with Crippen LogP contribution >= 0.6 is 23.2 Å². The topological polar surface area (TPSA) is 65.2 Å². The van der Waals surface area contributed by atoms with E-state index in [1.807, 2.05) is 30.3 Å². The van der Waals surface area contributed by atoms with Crippen LogP contribution in [0.25, 0.3) is 22.3 Å². The molecule has 2 aromatic carbocycles. The Hall–Kier alpha value is -2.56. The Balaban J connectivity index is 2.17. The van der Waals surface area contributed by atoms with Crippen molar-refractivity contribution in [2.24, 2.45) is 0 Å². The summed E-state index contributed by atoms with van der Waals surface area (Å²) in [6.07, 6.45) is 2.23. The molecule has 126 valence electrons. The second kappa shape index (κ2) is 7.13. The van der Waals surface area contributed by atoms with E-state index < -0.39 is 0 Å². The number of carbonyl (C=O) groups is 1. The number of rotatable bonds is 4. The van der Waals surface area contributed by atoms with E-state index in [9.17, 15) is 4.79 Å². The van der Waals surface area contributed by atoms with Gasteiger partial charge in [-0.15, -0.1) is 0 Å². The predicted octanol–water partition coefficient (Wildman–Crippen LogP) is 5.13. The van der Waals surface area contributed by atoms with Gasteiger partial charge in [-0.3, -0.25) is 4.79 Å². The Morgan fingerprint density at radius 1 is 1.04 bits per heavy atom. The van der Waals surface area contributed by atoms with Crippen LogP contribution in [0.4, 0.5) is 5.69 Å². The van der Waals surface area contributed by atoms with Crippen LogP contribution in [0.3, 0.4) is 0 Å². The summed E-state index contributed by atoms with van der Waals surface area (Å²) >= 11 is 13.0. The fourth-order valence-corrected chi connectivity index (χ4v) is 3.14. The highest BCUT2D eigenvalue weighted by molar-refractivity contribution is 6.39. The highest BCUT2D eigenvalue weighted by Crippen LogP contribution is 2.41. The quantitative estimate of drug-likeness (QED) is 0.509. The van der Waals surface area contributed by atoms with Crippen molar-refractivity contribution >= 4 is 35.2 Å². The van der Waals surface area contributed by atoms with E-state index in [4.69, 9.17) is 33.7 Å². The third kappa shape index (κ3) is 3.18. The third-order valence-corrected chi connectivity index (χ3v) is 4.67. The summed E-state index contributed by atoms with van der Waals surface area (Å²) in [4.78, 5) is 15.1. The van der Waals surface area contributed by atoms with Crippen LogP contribution in [-0.2, 0) is 0 Å². The van der Waals surface area contributed by atoms with Gasteiger partial charge >= 0.3 is 0 Å². The minimum atomic E-state index is 0.234. The summed E-state index contributed by atoms with van der Waals surface area (Å²) in [5.74, 6) is 0.385. The lowest BCUT2D eigenvalue weighted by molar-refractivity contribution is 0.111. The molecule has 25 heavy (non-hydrogen) atoms. The Bertz CT molecular complexity index is 958. The molecule has 6 heteroatoms. The zero-order valence-electron chi connectivity index (χ0n) is 13.3. The number of carbonyl (C=O) groups excluding carboxylic acids is 1. The molecule has 0 saturated heterocycles. The fraction of sp³-hybridized carbons (Fsp3) is 0.0526. The van der Waals surface area contributed by atoms with E-state index in [-0.39, 0.29) is 5.69 Å². The molecule has 0 unspecified atom stereocenters. The number of benzene rings is 2. The molecule has 3 rings (SSSR count). The fourth-order valence-electron chi connectivity index (χ4n) is 2.58. The van der Waals surface area contributed by atoms with Crippen LogP contribution in [-0.4, -0.2) is 18.4 Å². The molecule has 0 fully saturated rings. The van der Waals surface area contributed by atoms with Gasteiger partial charge in [0, 0.05) is 28.5 Å². The van der Waals surface area contributed by atoms with Gasteiger partial charge in [0.2, 0.25) is 0 Å². The first kappa shape index (κ1) is 17.3. The molecule has 0 spiro atoms. The van der Waals surface area contributed by atoms with E-state index in [1.165, 1.54) is 7.11 Å². The summed E-state index contributed by atoms with van der Waals surface area (Å²) in [5.41, 5.74) is 9.60. The number of ether oxygens (including phenoxy) is 1. The minimum Gasteiger partial charge on any atom is -0.494 e. The zero-order chi connectivity index (χ0) is 18.0. The van der Waals surface area contributed by atoms with Crippen LogP contribution in [0.1, 0.15) is 10.5 Å². The van der Waals surface area contributed by atoms with Gasteiger partial charge in [-0.1, -0.05) is 53.5 Å². The monoisotopic (exact) mass is 372 g/mol. The van der Waals surface area contributed by atoms with Crippen LogP contribution in [0.2, 0.25) is 10.0 Å². The van der Waals surface area contributed by atoms with E-state index in [0.717, 1.165) is 22.3 Å². The molecule has 0 aliphatic carbocycles. The van der Waals surface area contributed by atoms with Crippen molar-refractivity contribution in [3.05, 3.63) is 64.4 Å². The van der Waals surface area contributed by atoms with Gasteiger partial charge in [0.05, 0.1) is 22.8 Å². The minimum absolute atomic E-state index is 0.234. The number of methoxy groups -OCH3 is 1. The Morgan fingerprint density at radius 2 is 1.68 bits per heavy atom. The van der Waals surface area contributed by atoms with Gasteiger partial charge in [-0.25, -0.2) is 4.98 Å². The third-order valence-electron chi connectivity index (χ3n) is 3.84. The van der Waals surface area contributed by atoms with Crippen molar-refractivity contribution in [3.63, 3.8) is 0 Å². The molecule has 0 aliphatic rings. The van der Waals surface area contributed by atoms with Crippen LogP contribution < -0.4 is 10.5 Å².